The van der Waals surface area contributed by atoms with E-state index in [2.05, 4.69) is 4.74 Å². The van der Waals surface area contributed by atoms with Crippen LogP contribution in [-0.4, -0.2) is 29.5 Å². The number of hydrogen-bond donors (Lipinski definition) is 0. The average Bonchev–Trinajstić information content (AvgIpc) is 3.15. The molecule has 1 fully saturated rings. The summed E-state index contributed by atoms with van der Waals surface area (Å²) in [5.41, 5.74) is 1.92. The predicted molar refractivity (Wildman–Crippen MR) is 102 cm³/mol. The van der Waals surface area contributed by atoms with Gasteiger partial charge in [0.15, 0.2) is 0 Å². The molecule has 1 unspecified atom stereocenters. The highest BCUT2D eigenvalue weighted by Crippen LogP contribution is 2.41. The molecule has 1 aromatic heterocycles. The van der Waals surface area contributed by atoms with Crippen LogP contribution in [0.5, 0.6) is 5.75 Å². The lowest BCUT2D eigenvalue weighted by Crippen LogP contribution is -2.44. The van der Waals surface area contributed by atoms with Gasteiger partial charge in [-0.3, -0.25) is 9.59 Å². The fourth-order valence-electron chi connectivity index (χ4n) is 4.15. The normalized spacial score (nSPS) is 20.4. The maximum Gasteiger partial charge on any atom is 0.573 e. The summed E-state index contributed by atoms with van der Waals surface area (Å²) in [6.45, 7) is 0.554. The molecule has 0 radical (unpaired) electrons. The molecule has 1 atom stereocenters. The van der Waals surface area contributed by atoms with Crippen LogP contribution in [0.15, 0.2) is 35.7 Å². The SMILES string of the molecule is O=C1CCC(C(=O)N2CCc3ccsc3C2c2ccc(OC(F)(F)F)cc2)CC1. The van der Waals surface area contributed by atoms with Crippen molar-refractivity contribution in [1.82, 2.24) is 4.90 Å². The Bertz CT molecular complexity index is 897. The van der Waals surface area contributed by atoms with Gasteiger partial charge < -0.3 is 9.64 Å². The highest BCUT2D eigenvalue weighted by Gasteiger charge is 2.37. The third kappa shape index (κ3) is 4.32. The molecule has 4 nitrogen and oxygen atoms in total. The second-order valence-electron chi connectivity index (χ2n) is 7.42. The average molecular weight is 423 g/mol. The molecule has 1 aromatic carbocycles. The summed E-state index contributed by atoms with van der Waals surface area (Å²) < 4.78 is 41.3. The van der Waals surface area contributed by atoms with Crippen LogP contribution in [0.4, 0.5) is 13.2 Å². The summed E-state index contributed by atoms with van der Waals surface area (Å²) >= 11 is 1.55. The zero-order valence-corrected chi connectivity index (χ0v) is 16.4. The van der Waals surface area contributed by atoms with Crippen molar-refractivity contribution in [2.24, 2.45) is 5.92 Å². The molecule has 1 saturated carbocycles. The van der Waals surface area contributed by atoms with E-state index in [-0.39, 0.29) is 29.4 Å². The van der Waals surface area contributed by atoms with E-state index in [1.807, 2.05) is 16.3 Å². The maximum absolute atomic E-state index is 13.3. The van der Waals surface area contributed by atoms with Crippen LogP contribution in [0.2, 0.25) is 0 Å². The van der Waals surface area contributed by atoms with E-state index in [1.165, 1.54) is 17.7 Å². The Balaban J connectivity index is 1.62. The van der Waals surface area contributed by atoms with Gasteiger partial charge in [0.1, 0.15) is 11.5 Å². The first-order valence-electron chi connectivity index (χ1n) is 9.56. The summed E-state index contributed by atoms with van der Waals surface area (Å²) in [5, 5.41) is 1.98. The van der Waals surface area contributed by atoms with E-state index in [0.717, 1.165) is 16.9 Å². The molecule has 8 heteroatoms. The Labute approximate surface area is 170 Å². The minimum atomic E-state index is -4.74. The van der Waals surface area contributed by atoms with Gasteiger partial charge in [-0.05, 0) is 54.0 Å². The number of nitrogens with zero attached hydrogens (tertiary/aromatic N) is 1. The van der Waals surface area contributed by atoms with Gasteiger partial charge >= 0.3 is 6.36 Å². The molecular weight excluding hydrogens is 403 g/mol. The molecule has 4 rings (SSSR count). The number of fused-ring (bicyclic) bond motifs is 1. The zero-order valence-electron chi connectivity index (χ0n) is 15.6. The second-order valence-corrected chi connectivity index (χ2v) is 8.37. The van der Waals surface area contributed by atoms with E-state index in [1.54, 1.807) is 23.5 Å². The Kier molecular flexibility index (Phi) is 5.38. The van der Waals surface area contributed by atoms with E-state index in [9.17, 15) is 22.8 Å². The quantitative estimate of drug-likeness (QED) is 0.707. The van der Waals surface area contributed by atoms with Crippen molar-refractivity contribution >= 4 is 23.0 Å². The monoisotopic (exact) mass is 423 g/mol. The summed E-state index contributed by atoms with van der Waals surface area (Å²) in [4.78, 5) is 27.7. The fraction of sp³-hybridized carbons (Fsp3) is 0.429. The third-order valence-corrected chi connectivity index (χ3v) is 6.58. The molecule has 0 N–H and O–H groups in total. The van der Waals surface area contributed by atoms with E-state index >= 15 is 0 Å². The van der Waals surface area contributed by atoms with Gasteiger partial charge in [-0.1, -0.05) is 12.1 Å². The maximum atomic E-state index is 13.3. The van der Waals surface area contributed by atoms with Gasteiger partial charge in [0.05, 0.1) is 6.04 Å². The number of ether oxygens (including phenoxy) is 1. The molecule has 0 bridgehead atoms. The number of halogens is 3. The van der Waals surface area contributed by atoms with Crippen LogP contribution in [0, 0.1) is 5.92 Å². The third-order valence-electron chi connectivity index (χ3n) is 5.57. The Morgan fingerprint density at radius 2 is 1.76 bits per heavy atom. The number of rotatable bonds is 3. The standard InChI is InChI=1S/C21H20F3NO3S/c22-21(23,24)28-17-7-3-13(4-8-17)18-19-14(10-12-29-19)9-11-25(18)20(27)15-1-5-16(26)6-2-15/h3-4,7-8,10,12,15,18H,1-2,5-6,9,11H2. The molecule has 1 amide bonds. The van der Waals surface area contributed by atoms with E-state index in [0.29, 0.717) is 32.2 Å². The molecule has 1 aliphatic carbocycles. The van der Waals surface area contributed by atoms with Gasteiger partial charge in [-0.25, -0.2) is 0 Å². The summed E-state index contributed by atoms with van der Waals surface area (Å²) in [5.74, 6) is -0.237. The number of benzene rings is 1. The first kappa shape index (κ1) is 19.9. The zero-order chi connectivity index (χ0) is 20.6. The van der Waals surface area contributed by atoms with Crippen molar-refractivity contribution in [3.63, 3.8) is 0 Å². The van der Waals surface area contributed by atoms with E-state index < -0.39 is 6.36 Å². The summed E-state index contributed by atoms with van der Waals surface area (Å²) in [7, 11) is 0. The number of hydrogen-bond acceptors (Lipinski definition) is 4. The molecule has 1 aliphatic heterocycles. The minimum absolute atomic E-state index is 0.0252. The van der Waals surface area contributed by atoms with Crippen molar-refractivity contribution in [3.8, 4) is 5.75 Å². The lowest BCUT2D eigenvalue weighted by Gasteiger charge is -2.38. The second kappa shape index (κ2) is 7.82. The number of Topliss-reactive ketones (excluding diaryl/α,β-unsaturated/α-hetero) is 1. The van der Waals surface area contributed by atoms with Crippen LogP contribution >= 0.6 is 11.3 Å². The molecule has 2 aliphatic rings. The van der Waals surface area contributed by atoms with Gasteiger partial charge in [-0.15, -0.1) is 24.5 Å². The molecule has 0 saturated heterocycles. The highest BCUT2D eigenvalue weighted by molar-refractivity contribution is 7.10. The smallest absolute Gasteiger partial charge is 0.406 e. The lowest BCUT2D eigenvalue weighted by atomic mass is 9.85. The van der Waals surface area contributed by atoms with Crippen molar-refractivity contribution in [2.45, 2.75) is 44.5 Å². The fourth-order valence-corrected chi connectivity index (χ4v) is 5.24. The summed E-state index contributed by atoms with van der Waals surface area (Å²) in [6, 6.07) is 7.45. The summed E-state index contributed by atoms with van der Waals surface area (Å²) in [6.07, 6.45) is -1.99. The predicted octanol–water partition coefficient (Wildman–Crippen LogP) is 4.88. The number of carbonyl (C=O) groups is 2. The number of carbonyl (C=O) groups excluding carboxylic acids is 2. The van der Waals surface area contributed by atoms with E-state index in [4.69, 9.17) is 0 Å². The molecule has 0 spiro atoms. The first-order valence-corrected chi connectivity index (χ1v) is 10.4. The van der Waals surface area contributed by atoms with Crippen molar-refractivity contribution in [1.29, 1.82) is 0 Å². The molecule has 29 heavy (non-hydrogen) atoms. The van der Waals surface area contributed by atoms with Crippen molar-refractivity contribution in [3.05, 3.63) is 51.7 Å². The van der Waals surface area contributed by atoms with Crippen molar-refractivity contribution < 1.29 is 27.5 Å². The Morgan fingerprint density at radius 3 is 2.41 bits per heavy atom. The number of ketones is 1. The van der Waals surface area contributed by atoms with Gasteiger partial charge in [-0.2, -0.15) is 0 Å². The highest BCUT2D eigenvalue weighted by atomic mass is 32.1. The number of amides is 1. The Morgan fingerprint density at radius 1 is 1.07 bits per heavy atom. The van der Waals surface area contributed by atoms with Crippen LogP contribution in [0.25, 0.3) is 0 Å². The number of thiophene rings is 1. The van der Waals surface area contributed by atoms with Gasteiger partial charge in [0.25, 0.3) is 0 Å². The van der Waals surface area contributed by atoms with Crippen LogP contribution in [0.3, 0.4) is 0 Å². The Hall–Kier alpha value is -2.35. The van der Waals surface area contributed by atoms with Crippen molar-refractivity contribution in [2.75, 3.05) is 6.54 Å². The molecular formula is C21H20F3NO3S. The van der Waals surface area contributed by atoms with Gasteiger partial charge in [0, 0.05) is 30.2 Å². The minimum Gasteiger partial charge on any atom is -0.406 e. The van der Waals surface area contributed by atoms with Crippen LogP contribution < -0.4 is 4.74 Å². The van der Waals surface area contributed by atoms with Gasteiger partial charge in [0.2, 0.25) is 5.91 Å². The molecule has 2 heterocycles. The topological polar surface area (TPSA) is 46.6 Å². The first-order chi connectivity index (χ1) is 13.8. The largest absolute Gasteiger partial charge is 0.573 e. The number of alkyl halides is 3. The van der Waals surface area contributed by atoms with Crippen LogP contribution in [-0.2, 0) is 16.0 Å². The molecule has 2 aromatic rings. The molecule has 154 valence electrons. The van der Waals surface area contributed by atoms with Crippen LogP contribution in [0.1, 0.15) is 47.7 Å². The lowest BCUT2D eigenvalue weighted by molar-refractivity contribution is -0.274.